The monoisotopic (exact) mass is 392 g/mol. The summed E-state index contributed by atoms with van der Waals surface area (Å²) in [6, 6.07) is 7.22. The summed E-state index contributed by atoms with van der Waals surface area (Å²) < 4.78 is 38.1. The first-order valence-corrected chi connectivity index (χ1v) is 9.79. The number of aliphatic hydroxyl groups is 1. The third-order valence-electron chi connectivity index (χ3n) is 6.03. The second-order valence-corrected chi connectivity index (χ2v) is 8.68. The average molecular weight is 392 g/mol. The maximum absolute atomic E-state index is 15.2. The Morgan fingerprint density at radius 3 is 2.29 bits per heavy atom. The number of benzene rings is 1. The molecule has 0 unspecified atom stereocenters. The van der Waals surface area contributed by atoms with Gasteiger partial charge in [0, 0.05) is 31.6 Å². The highest BCUT2D eigenvalue weighted by Gasteiger charge is 2.53. The summed E-state index contributed by atoms with van der Waals surface area (Å²) in [6.45, 7) is 10.4. The van der Waals surface area contributed by atoms with Gasteiger partial charge in [0.15, 0.2) is 0 Å². The van der Waals surface area contributed by atoms with Gasteiger partial charge < -0.3 is 23.9 Å². The number of para-hydroxylation sites is 1. The quantitative estimate of drug-likeness (QED) is 0.770. The Labute approximate surface area is 167 Å². The maximum Gasteiger partial charge on any atom is 0.525 e. The zero-order valence-corrected chi connectivity index (χ0v) is 17.4. The van der Waals surface area contributed by atoms with E-state index < -0.39 is 29.6 Å². The molecule has 0 atom stereocenters. The molecule has 0 amide bonds. The summed E-state index contributed by atoms with van der Waals surface area (Å²) in [7, 11) is -1.06. The van der Waals surface area contributed by atoms with Crippen molar-refractivity contribution >= 4 is 12.7 Å². The van der Waals surface area contributed by atoms with Crippen LogP contribution in [0.15, 0.2) is 30.0 Å². The van der Waals surface area contributed by atoms with Gasteiger partial charge in [-0.15, -0.1) is 0 Å². The molecule has 1 aromatic carbocycles. The maximum atomic E-state index is 15.2. The fourth-order valence-electron chi connectivity index (χ4n) is 3.26. The lowest BCUT2D eigenvalue weighted by atomic mass is 9.83. The van der Waals surface area contributed by atoms with Crippen molar-refractivity contribution < 1.29 is 28.3 Å². The molecule has 28 heavy (non-hydrogen) atoms. The Bertz CT molecular complexity index is 724. The van der Waals surface area contributed by atoms with Crippen molar-refractivity contribution in [2.45, 2.75) is 64.3 Å². The molecule has 7 heteroatoms. The second-order valence-electron chi connectivity index (χ2n) is 8.68. The Morgan fingerprint density at radius 2 is 1.68 bits per heavy atom. The van der Waals surface area contributed by atoms with Crippen LogP contribution < -0.4 is 4.74 Å². The van der Waals surface area contributed by atoms with Gasteiger partial charge in [-0.25, -0.2) is 4.39 Å². The van der Waals surface area contributed by atoms with Gasteiger partial charge in [0.05, 0.1) is 11.2 Å². The average Bonchev–Trinajstić information content (AvgIpc) is 2.87. The smallest absolute Gasteiger partial charge is 0.490 e. The van der Waals surface area contributed by atoms with Gasteiger partial charge in [-0.2, -0.15) is 0 Å². The zero-order valence-electron chi connectivity index (χ0n) is 17.4. The standard InChI is InChI=1S/C21H30BFO5/c1-15(18(23)22-27-19(2,3)20(4,5)28-22)16-8-6-7-9-17(16)26-14-21(24)10-12-25-13-11-21/h6-9,24H,10-14H2,1-5H3. The predicted octanol–water partition coefficient (Wildman–Crippen LogP) is 3.94. The summed E-state index contributed by atoms with van der Waals surface area (Å²) in [5, 5.41) is 10.6. The SMILES string of the molecule is CC(=C(F)B1OC(C)(C)C(C)(C)O1)c1ccccc1OCC1(O)CCOCC1. The lowest BCUT2D eigenvalue weighted by molar-refractivity contribution is -0.0856. The van der Waals surface area contributed by atoms with Gasteiger partial charge in [0.25, 0.3) is 0 Å². The number of ether oxygens (including phenoxy) is 2. The normalized spacial score (nSPS) is 24.0. The van der Waals surface area contributed by atoms with Gasteiger partial charge in [-0.1, -0.05) is 18.2 Å². The van der Waals surface area contributed by atoms with Crippen LogP contribution in [-0.2, 0) is 14.0 Å². The van der Waals surface area contributed by atoms with E-state index in [1.54, 1.807) is 19.1 Å². The Hall–Kier alpha value is -1.41. The molecule has 0 radical (unpaired) electrons. The van der Waals surface area contributed by atoms with E-state index in [-0.39, 0.29) is 6.61 Å². The van der Waals surface area contributed by atoms with Gasteiger partial charge in [0.2, 0.25) is 0 Å². The van der Waals surface area contributed by atoms with Crippen molar-refractivity contribution in [1.29, 1.82) is 0 Å². The summed E-state index contributed by atoms with van der Waals surface area (Å²) >= 11 is 0. The first kappa shape index (κ1) is 21.3. The molecule has 0 aromatic heterocycles. The summed E-state index contributed by atoms with van der Waals surface area (Å²) in [6.07, 6.45) is 1.04. The Balaban J connectivity index is 1.80. The van der Waals surface area contributed by atoms with E-state index in [0.29, 0.717) is 42.9 Å². The van der Waals surface area contributed by atoms with E-state index >= 15 is 4.39 Å². The lowest BCUT2D eigenvalue weighted by Gasteiger charge is -2.32. The molecule has 2 heterocycles. The van der Waals surface area contributed by atoms with Crippen molar-refractivity contribution in [3.05, 3.63) is 35.6 Å². The summed E-state index contributed by atoms with van der Waals surface area (Å²) in [5.41, 5.74) is -1.61. The number of halogens is 1. The van der Waals surface area contributed by atoms with Crippen molar-refractivity contribution in [2.24, 2.45) is 0 Å². The molecule has 2 aliphatic heterocycles. The highest BCUT2D eigenvalue weighted by atomic mass is 19.1. The minimum atomic E-state index is -1.06. The Morgan fingerprint density at radius 1 is 1.11 bits per heavy atom. The van der Waals surface area contributed by atoms with Gasteiger partial charge in [0.1, 0.15) is 23.7 Å². The van der Waals surface area contributed by atoms with E-state index in [1.807, 2.05) is 39.8 Å². The van der Waals surface area contributed by atoms with Gasteiger partial charge in [-0.05, 0) is 46.3 Å². The molecule has 0 saturated carbocycles. The first-order valence-electron chi connectivity index (χ1n) is 9.79. The third kappa shape index (κ3) is 4.27. The van der Waals surface area contributed by atoms with Crippen LogP contribution in [0.1, 0.15) is 53.0 Å². The second kappa shape index (κ2) is 7.79. The predicted molar refractivity (Wildman–Crippen MR) is 107 cm³/mol. The van der Waals surface area contributed by atoms with Crippen LogP contribution in [0, 0.1) is 0 Å². The van der Waals surface area contributed by atoms with Crippen LogP contribution in [0.4, 0.5) is 4.39 Å². The van der Waals surface area contributed by atoms with Crippen molar-refractivity contribution in [3.63, 3.8) is 0 Å². The molecule has 2 aliphatic rings. The molecule has 154 valence electrons. The molecule has 0 bridgehead atoms. The minimum Gasteiger partial charge on any atom is -0.490 e. The molecule has 1 aromatic rings. The highest BCUT2D eigenvalue weighted by molar-refractivity contribution is 6.55. The molecule has 0 spiro atoms. The number of allylic oxidation sites excluding steroid dienone is 1. The Kier molecular flexibility index (Phi) is 5.92. The molecule has 2 fully saturated rings. The van der Waals surface area contributed by atoms with E-state index in [2.05, 4.69) is 0 Å². The fraction of sp³-hybridized carbons (Fsp3) is 0.619. The minimum absolute atomic E-state index is 0.138. The van der Waals surface area contributed by atoms with Crippen LogP contribution in [0.3, 0.4) is 0 Å². The van der Waals surface area contributed by atoms with Crippen LogP contribution in [0.25, 0.3) is 5.57 Å². The lowest BCUT2D eigenvalue weighted by Crippen LogP contribution is -2.41. The topological polar surface area (TPSA) is 57.2 Å². The molecule has 1 N–H and O–H groups in total. The number of hydrogen-bond donors (Lipinski definition) is 1. The van der Waals surface area contributed by atoms with Crippen molar-refractivity contribution in [3.8, 4) is 5.75 Å². The number of hydrogen-bond acceptors (Lipinski definition) is 5. The van der Waals surface area contributed by atoms with Gasteiger partial charge >= 0.3 is 7.12 Å². The van der Waals surface area contributed by atoms with E-state index in [4.69, 9.17) is 18.8 Å². The van der Waals surface area contributed by atoms with Crippen LogP contribution in [-0.4, -0.2) is 48.8 Å². The molecule has 3 rings (SSSR count). The molecule has 5 nitrogen and oxygen atoms in total. The molecule has 2 saturated heterocycles. The van der Waals surface area contributed by atoms with Crippen molar-refractivity contribution in [1.82, 2.24) is 0 Å². The number of rotatable bonds is 5. The molecule has 0 aliphatic carbocycles. The van der Waals surface area contributed by atoms with E-state index in [1.165, 1.54) is 0 Å². The van der Waals surface area contributed by atoms with Crippen LogP contribution in [0.5, 0.6) is 5.75 Å². The van der Waals surface area contributed by atoms with Crippen LogP contribution >= 0.6 is 0 Å². The molecular formula is C21H30BFO5. The van der Waals surface area contributed by atoms with E-state index in [0.717, 1.165) is 0 Å². The van der Waals surface area contributed by atoms with Gasteiger partial charge in [-0.3, -0.25) is 0 Å². The first-order chi connectivity index (χ1) is 13.0. The zero-order chi connectivity index (χ0) is 20.6. The highest BCUT2D eigenvalue weighted by Crippen LogP contribution is 2.41. The van der Waals surface area contributed by atoms with Crippen molar-refractivity contribution in [2.75, 3.05) is 19.8 Å². The summed E-state index contributed by atoms with van der Waals surface area (Å²) in [5.74, 6) is 0.520. The van der Waals surface area contributed by atoms with Crippen LogP contribution in [0.2, 0.25) is 0 Å². The fourth-order valence-corrected chi connectivity index (χ4v) is 3.26. The van der Waals surface area contributed by atoms with E-state index in [9.17, 15) is 5.11 Å². The largest absolute Gasteiger partial charge is 0.525 e. The summed E-state index contributed by atoms with van der Waals surface area (Å²) in [4.78, 5) is 0. The third-order valence-corrected chi connectivity index (χ3v) is 6.03. The molecular weight excluding hydrogens is 362 g/mol.